The molecule has 0 amide bonds. The molecule has 7 heteroatoms. The van der Waals surface area contributed by atoms with Crippen molar-refractivity contribution in [2.75, 3.05) is 0 Å². The van der Waals surface area contributed by atoms with Gasteiger partial charge in [-0.3, -0.25) is 4.98 Å². The molecule has 1 N–H and O–H groups in total. The number of benzene rings is 2. The van der Waals surface area contributed by atoms with Gasteiger partial charge in [-0.2, -0.15) is 0 Å². The van der Waals surface area contributed by atoms with Crippen LogP contribution in [-0.4, -0.2) is 13.4 Å². The maximum Gasteiger partial charge on any atom is 0.243 e. The van der Waals surface area contributed by atoms with Crippen LogP contribution in [0.4, 0.5) is 0 Å². The molecule has 0 radical (unpaired) electrons. The van der Waals surface area contributed by atoms with E-state index in [9.17, 15) is 8.42 Å². The van der Waals surface area contributed by atoms with E-state index >= 15 is 0 Å². The molecule has 0 aliphatic rings. The zero-order chi connectivity index (χ0) is 16.4. The van der Waals surface area contributed by atoms with Crippen molar-refractivity contribution in [3.8, 4) is 0 Å². The molecular weight excluding hydrogens is 400 g/mol. The van der Waals surface area contributed by atoms with Crippen molar-refractivity contribution in [3.63, 3.8) is 0 Å². The first kappa shape index (κ1) is 16.4. The van der Waals surface area contributed by atoms with E-state index in [-0.39, 0.29) is 16.5 Å². The number of fused-ring (bicyclic) bond motifs is 1. The second-order valence-corrected chi connectivity index (χ2v) is 7.94. The van der Waals surface area contributed by atoms with Gasteiger partial charge in [-0.1, -0.05) is 63.9 Å². The van der Waals surface area contributed by atoms with E-state index in [1.54, 1.807) is 18.2 Å². The molecule has 3 aromatic rings. The molecular formula is C16H12BrClN2O2S. The topological polar surface area (TPSA) is 59.1 Å². The summed E-state index contributed by atoms with van der Waals surface area (Å²) in [7, 11) is -3.75. The van der Waals surface area contributed by atoms with Gasteiger partial charge in [-0.05, 0) is 17.7 Å². The predicted octanol–water partition coefficient (Wildman–Crippen LogP) is 4.13. The SMILES string of the molecule is O=S(=O)(NCc1ccccc1)c1cnc2cc(Br)ccc2c1Cl. The van der Waals surface area contributed by atoms with Crippen LogP contribution >= 0.6 is 27.5 Å². The Kier molecular flexibility index (Phi) is 4.68. The first-order chi connectivity index (χ1) is 11.0. The zero-order valence-electron chi connectivity index (χ0n) is 11.8. The molecule has 0 fully saturated rings. The van der Waals surface area contributed by atoms with Crippen LogP contribution in [0.25, 0.3) is 10.9 Å². The van der Waals surface area contributed by atoms with Crippen LogP contribution in [0, 0.1) is 0 Å². The van der Waals surface area contributed by atoms with Gasteiger partial charge in [0, 0.05) is 22.6 Å². The Morgan fingerprint density at radius 1 is 1.13 bits per heavy atom. The molecule has 4 nitrogen and oxygen atoms in total. The largest absolute Gasteiger partial charge is 0.255 e. The van der Waals surface area contributed by atoms with E-state index in [0.29, 0.717) is 10.9 Å². The Labute approximate surface area is 147 Å². The highest BCUT2D eigenvalue weighted by atomic mass is 79.9. The lowest BCUT2D eigenvalue weighted by molar-refractivity contribution is 0.581. The van der Waals surface area contributed by atoms with Gasteiger partial charge in [-0.15, -0.1) is 0 Å². The van der Waals surface area contributed by atoms with Crippen LogP contribution in [0.1, 0.15) is 5.56 Å². The number of nitrogens with one attached hydrogen (secondary N) is 1. The summed E-state index contributed by atoms with van der Waals surface area (Å²) < 4.78 is 28.4. The minimum atomic E-state index is -3.75. The van der Waals surface area contributed by atoms with E-state index in [1.807, 2.05) is 30.3 Å². The highest BCUT2D eigenvalue weighted by Crippen LogP contribution is 2.30. The van der Waals surface area contributed by atoms with Crippen molar-refractivity contribution in [2.24, 2.45) is 0 Å². The van der Waals surface area contributed by atoms with Crippen LogP contribution in [0.3, 0.4) is 0 Å². The summed E-state index contributed by atoms with van der Waals surface area (Å²) in [6.07, 6.45) is 1.28. The number of hydrogen-bond acceptors (Lipinski definition) is 3. The van der Waals surface area contributed by atoms with Gasteiger partial charge < -0.3 is 0 Å². The van der Waals surface area contributed by atoms with Crippen molar-refractivity contribution in [3.05, 3.63) is 69.8 Å². The summed E-state index contributed by atoms with van der Waals surface area (Å²) in [6.45, 7) is 0.192. The Hall–Kier alpha value is -1.47. The highest BCUT2D eigenvalue weighted by Gasteiger charge is 2.20. The second kappa shape index (κ2) is 6.57. The van der Waals surface area contributed by atoms with Crippen LogP contribution in [0.2, 0.25) is 5.02 Å². The monoisotopic (exact) mass is 410 g/mol. The molecule has 118 valence electrons. The number of rotatable bonds is 4. The van der Waals surface area contributed by atoms with Gasteiger partial charge >= 0.3 is 0 Å². The summed E-state index contributed by atoms with van der Waals surface area (Å²) in [6, 6.07) is 14.6. The lowest BCUT2D eigenvalue weighted by Crippen LogP contribution is -2.23. The Balaban J connectivity index is 1.95. The van der Waals surface area contributed by atoms with Gasteiger partial charge in [-0.25, -0.2) is 13.1 Å². The maximum atomic E-state index is 12.5. The summed E-state index contributed by atoms with van der Waals surface area (Å²) in [5.74, 6) is 0. The highest BCUT2D eigenvalue weighted by molar-refractivity contribution is 9.10. The van der Waals surface area contributed by atoms with E-state index in [4.69, 9.17) is 11.6 Å². The van der Waals surface area contributed by atoms with E-state index in [0.717, 1.165) is 10.0 Å². The fourth-order valence-corrected chi connectivity index (χ4v) is 4.07. The second-order valence-electron chi connectivity index (χ2n) is 4.91. The average Bonchev–Trinajstić information content (AvgIpc) is 2.54. The lowest BCUT2D eigenvalue weighted by atomic mass is 10.2. The maximum absolute atomic E-state index is 12.5. The quantitative estimate of drug-likeness (QED) is 0.702. The number of nitrogens with zero attached hydrogens (tertiary/aromatic N) is 1. The average molecular weight is 412 g/mol. The van der Waals surface area contributed by atoms with Gasteiger partial charge in [0.15, 0.2) is 0 Å². The van der Waals surface area contributed by atoms with E-state index < -0.39 is 10.0 Å². The molecule has 0 spiro atoms. The van der Waals surface area contributed by atoms with Gasteiger partial charge in [0.1, 0.15) is 4.90 Å². The molecule has 0 atom stereocenters. The molecule has 2 aromatic carbocycles. The van der Waals surface area contributed by atoms with Crippen LogP contribution in [0.15, 0.2) is 64.1 Å². The molecule has 0 saturated carbocycles. The summed E-state index contributed by atoms with van der Waals surface area (Å²) in [4.78, 5) is 4.17. The van der Waals surface area contributed by atoms with Crippen molar-refractivity contribution < 1.29 is 8.42 Å². The van der Waals surface area contributed by atoms with E-state index in [2.05, 4.69) is 25.6 Å². The molecule has 3 rings (SSSR count). The van der Waals surface area contributed by atoms with Gasteiger partial charge in [0.2, 0.25) is 10.0 Å². The van der Waals surface area contributed by atoms with Crippen LogP contribution in [0.5, 0.6) is 0 Å². The van der Waals surface area contributed by atoms with Gasteiger partial charge in [0.25, 0.3) is 0 Å². The number of halogens is 2. The molecule has 1 aromatic heterocycles. The van der Waals surface area contributed by atoms with Crippen LogP contribution < -0.4 is 4.72 Å². The molecule has 23 heavy (non-hydrogen) atoms. The first-order valence-corrected chi connectivity index (χ1v) is 9.40. The Morgan fingerprint density at radius 2 is 1.87 bits per heavy atom. The molecule has 1 heterocycles. The van der Waals surface area contributed by atoms with Crippen molar-refractivity contribution in [1.82, 2.24) is 9.71 Å². The number of sulfonamides is 1. The summed E-state index contributed by atoms with van der Waals surface area (Å²) in [5.41, 5.74) is 1.50. The predicted molar refractivity (Wildman–Crippen MR) is 94.9 cm³/mol. The third kappa shape index (κ3) is 3.55. The minimum Gasteiger partial charge on any atom is -0.255 e. The van der Waals surface area contributed by atoms with Gasteiger partial charge in [0.05, 0.1) is 10.5 Å². The molecule has 0 bridgehead atoms. The normalized spacial score (nSPS) is 11.7. The number of aromatic nitrogens is 1. The standard InChI is InChI=1S/C16H12BrClN2O2S/c17-12-6-7-13-14(8-12)19-10-15(16(13)18)23(21,22)20-9-11-4-2-1-3-5-11/h1-8,10,20H,9H2. The van der Waals surface area contributed by atoms with Crippen molar-refractivity contribution in [1.29, 1.82) is 0 Å². The lowest BCUT2D eigenvalue weighted by Gasteiger charge is -2.10. The van der Waals surface area contributed by atoms with Crippen LogP contribution in [-0.2, 0) is 16.6 Å². The Morgan fingerprint density at radius 3 is 2.61 bits per heavy atom. The Bertz CT molecular complexity index is 962. The summed E-state index contributed by atoms with van der Waals surface area (Å²) in [5, 5.41) is 0.764. The molecule has 0 saturated heterocycles. The van der Waals surface area contributed by atoms with E-state index in [1.165, 1.54) is 6.20 Å². The number of hydrogen-bond donors (Lipinski definition) is 1. The fourth-order valence-electron chi connectivity index (χ4n) is 2.15. The third-order valence-corrected chi connectivity index (χ3v) is 5.76. The first-order valence-electron chi connectivity index (χ1n) is 6.75. The molecule has 0 unspecified atom stereocenters. The molecule has 0 aliphatic carbocycles. The number of pyridine rings is 1. The van der Waals surface area contributed by atoms with Crippen molar-refractivity contribution >= 4 is 48.5 Å². The van der Waals surface area contributed by atoms with Crippen molar-refractivity contribution in [2.45, 2.75) is 11.4 Å². The molecule has 0 aliphatic heterocycles. The zero-order valence-corrected chi connectivity index (χ0v) is 15.0. The third-order valence-electron chi connectivity index (χ3n) is 3.33. The smallest absolute Gasteiger partial charge is 0.243 e. The fraction of sp³-hybridized carbons (Fsp3) is 0.0625. The minimum absolute atomic E-state index is 0.0232. The summed E-state index contributed by atoms with van der Waals surface area (Å²) >= 11 is 9.64.